The molecule has 2 aromatic rings. The Kier molecular flexibility index (Phi) is 2.90. The molecule has 2 heterocycles. The molecule has 16 heavy (non-hydrogen) atoms. The van der Waals surface area contributed by atoms with Crippen LogP contribution < -0.4 is 0 Å². The molecule has 0 unspecified atom stereocenters. The van der Waals surface area contributed by atoms with Crippen LogP contribution >= 0.6 is 0 Å². The maximum Gasteiger partial charge on any atom is 0.357 e. The minimum Gasteiger partial charge on any atom is -0.461 e. The quantitative estimate of drug-likeness (QED) is 0.778. The van der Waals surface area contributed by atoms with Gasteiger partial charge in [-0.1, -0.05) is 0 Å². The summed E-state index contributed by atoms with van der Waals surface area (Å²) in [7, 11) is 0. The highest BCUT2D eigenvalue weighted by atomic mass is 16.5. The summed E-state index contributed by atoms with van der Waals surface area (Å²) in [6, 6.07) is 1.52. The summed E-state index contributed by atoms with van der Waals surface area (Å²) < 4.78 is 4.85. The van der Waals surface area contributed by atoms with Gasteiger partial charge in [-0.25, -0.2) is 14.8 Å². The number of hydrogen-bond acceptors (Lipinski definition) is 5. The van der Waals surface area contributed by atoms with Gasteiger partial charge in [-0.2, -0.15) is 5.10 Å². The molecule has 2 aromatic heterocycles. The van der Waals surface area contributed by atoms with Crippen LogP contribution in [0, 0.1) is 0 Å². The lowest BCUT2D eigenvalue weighted by molar-refractivity contribution is 0.0519. The van der Waals surface area contributed by atoms with Crippen LogP contribution in [0.25, 0.3) is 11.4 Å². The standard InChI is InChI=1S/C10H10N4O2/c1-2-16-10(15)8-3-4-11-9(14-8)7-5-12-13-6-7/h3-6H,2H2,1H3,(H,12,13). The second-order valence-corrected chi connectivity index (χ2v) is 2.97. The zero-order valence-corrected chi connectivity index (χ0v) is 8.67. The molecular weight excluding hydrogens is 208 g/mol. The van der Waals surface area contributed by atoms with E-state index in [1.165, 1.54) is 12.3 Å². The largest absolute Gasteiger partial charge is 0.461 e. The highest BCUT2D eigenvalue weighted by molar-refractivity contribution is 5.87. The molecule has 0 bridgehead atoms. The molecule has 1 N–H and O–H groups in total. The fraction of sp³-hybridized carbons (Fsp3) is 0.200. The van der Waals surface area contributed by atoms with Crippen molar-refractivity contribution in [3.63, 3.8) is 0 Å². The van der Waals surface area contributed by atoms with Crippen molar-refractivity contribution in [3.05, 3.63) is 30.4 Å². The molecule has 0 aromatic carbocycles. The van der Waals surface area contributed by atoms with Gasteiger partial charge < -0.3 is 4.74 Å². The fourth-order valence-electron chi connectivity index (χ4n) is 1.19. The smallest absolute Gasteiger partial charge is 0.357 e. The molecule has 0 spiro atoms. The van der Waals surface area contributed by atoms with E-state index in [0.717, 1.165) is 5.56 Å². The Hall–Kier alpha value is -2.24. The first-order chi connectivity index (χ1) is 7.81. The van der Waals surface area contributed by atoms with Gasteiger partial charge in [0.15, 0.2) is 11.5 Å². The van der Waals surface area contributed by atoms with Gasteiger partial charge in [-0.15, -0.1) is 0 Å². The first kappa shape index (κ1) is 10.3. The lowest BCUT2D eigenvalue weighted by atomic mass is 10.3. The molecular formula is C10H10N4O2. The van der Waals surface area contributed by atoms with Crippen molar-refractivity contribution >= 4 is 5.97 Å². The molecule has 0 radical (unpaired) electrons. The molecule has 82 valence electrons. The lowest BCUT2D eigenvalue weighted by Gasteiger charge is -2.01. The Morgan fingerprint density at radius 3 is 3.12 bits per heavy atom. The summed E-state index contributed by atoms with van der Waals surface area (Å²) in [4.78, 5) is 19.6. The van der Waals surface area contributed by atoms with Crippen LogP contribution in [0.15, 0.2) is 24.7 Å². The maximum absolute atomic E-state index is 11.4. The summed E-state index contributed by atoms with van der Waals surface area (Å²) >= 11 is 0. The van der Waals surface area contributed by atoms with Crippen LogP contribution in [-0.2, 0) is 4.74 Å². The topological polar surface area (TPSA) is 80.8 Å². The predicted molar refractivity (Wildman–Crippen MR) is 55.6 cm³/mol. The summed E-state index contributed by atoms with van der Waals surface area (Å²) in [5, 5.41) is 6.44. The lowest BCUT2D eigenvalue weighted by Crippen LogP contribution is -2.07. The maximum atomic E-state index is 11.4. The summed E-state index contributed by atoms with van der Waals surface area (Å²) in [6.45, 7) is 2.07. The van der Waals surface area contributed by atoms with Gasteiger partial charge in [0.25, 0.3) is 0 Å². The average Bonchev–Trinajstić information content (AvgIpc) is 2.83. The van der Waals surface area contributed by atoms with Gasteiger partial charge in [-0.3, -0.25) is 5.10 Å². The third kappa shape index (κ3) is 2.05. The number of nitrogens with one attached hydrogen (secondary N) is 1. The number of carbonyl (C=O) groups is 1. The minimum absolute atomic E-state index is 0.244. The average molecular weight is 218 g/mol. The number of nitrogens with zero attached hydrogens (tertiary/aromatic N) is 3. The van der Waals surface area contributed by atoms with Gasteiger partial charge in [0, 0.05) is 12.4 Å². The zero-order valence-electron chi connectivity index (χ0n) is 8.67. The number of rotatable bonds is 3. The van der Waals surface area contributed by atoms with Gasteiger partial charge >= 0.3 is 5.97 Å². The number of carbonyl (C=O) groups excluding carboxylic acids is 1. The monoisotopic (exact) mass is 218 g/mol. The third-order valence-electron chi connectivity index (χ3n) is 1.90. The van der Waals surface area contributed by atoms with E-state index < -0.39 is 5.97 Å². The van der Waals surface area contributed by atoms with Gasteiger partial charge in [-0.05, 0) is 13.0 Å². The van der Waals surface area contributed by atoms with E-state index >= 15 is 0 Å². The Morgan fingerprint density at radius 2 is 2.44 bits per heavy atom. The first-order valence-corrected chi connectivity index (χ1v) is 4.80. The van der Waals surface area contributed by atoms with Crippen molar-refractivity contribution in [2.24, 2.45) is 0 Å². The fourth-order valence-corrected chi connectivity index (χ4v) is 1.19. The molecule has 2 rings (SSSR count). The van der Waals surface area contributed by atoms with E-state index in [2.05, 4.69) is 20.2 Å². The minimum atomic E-state index is -0.449. The number of H-pyrrole nitrogens is 1. The van der Waals surface area contributed by atoms with E-state index in [1.54, 1.807) is 19.3 Å². The molecule has 0 amide bonds. The molecule has 6 nitrogen and oxygen atoms in total. The van der Waals surface area contributed by atoms with Crippen LogP contribution in [-0.4, -0.2) is 32.7 Å². The normalized spacial score (nSPS) is 10.1. The van der Waals surface area contributed by atoms with Crippen LogP contribution in [0.3, 0.4) is 0 Å². The molecule has 0 aliphatic rings. The third-order valence-corrected chi connectivity index (χ3v) is 1.90. The van der Waals surface area contributed by atoms with Gasteiger partial charge in [0.1, 0.15) is 0 Å². The highest BCUT2D eigenvalue weighted by Gasteiger charge is 2.10. The molecule has 0 fully saturated rings. The predicted octanol–water partition coefficient (Wildman–Crippen LogP) is 1.04. The first-order valence-electron chi connectivity index (χ1n) is 4.80. The van der Waals surface area contributed by atoms with E-state index in [-0.39, 0.29) is 5.69 Å². The van der Waals surface area contributed by atoms with Crippen molar-refractivity contribution in [1.29, 1.82) is 0 Å². The van der Waals surface area contributed by atoms with Crippen LogP contribution in [0.1, 0.15) is 17.4 Å². The summed E-state index contributed by atoms with van der Waals surface area (Å²) in [5.74, 6) is -0.00560. The molecule has 0 aliphatic carbocycles. The zero-order chi connectivity index (χ0) is 11.4. The number of aromatic amines is 1. The van der Waals surface area contributed by atoms with E-state index in [4.69, 9.17) is 4.74 Å². The summed E-state index contributed by atoms with van der Waals surface area (Å²) in [6.07, 6.45) is 4.76. The molecule has 0 atom stereocenters. The van der Waals surface area contributed by atoms with Crippen LogP contribution in [0.5, 0.6) is 0 Å². The number of aromatic nitrogens is 4. The van der Waals surface area contributed by atoms with Crippen molar-refractivity contribution in [2.45, 2.75) is 6.92 Å². The van der Waals surface area contributed by atoms with Crippen molar-refractivity contribution in [2.75, 3.05) is 6.61 Å². The van der Waals surface area contributed by atoms with Gasteiger partial charge in [0.05, 0.1) is 18.4 Å². The second-order valence-electron chi connectivity index (χ2n) is 2.97. The van der Waals surface area contributed by atoms with E-state index in [9.17, 15) is 4.79 Å². The van der Waals surface area contributed by atoms with Crippen LogP contribution in [0.4, 0.5) is 0 Å². The molecule has 0 saturated carbocycles. The Balaban J connectivity index is 2.30. The van der Waals surface area contributed by atoms with Crippen LogP contribution in [0.2, 0.25) is 0 Å². The van der Waals surface area contributed by atoms with Crippen molar-refractivity contribution in [1.82, 2.24) is 20.2 Å². The molecule has 0 saturated heterocycles. The number of esters is 1. The van der Waals surface area contributed by atoms with E-state index in [1.807, 2.05) is 0 Å². The number of ether oxygens (including phenoxy) is 1. The van der Waals surface area contributed by atoms with E-state index in [0.29, 0.717) is 12.4 Å². The second kappa shape index (κ2) is 4.52. The van der Waals surface area contributed by atoms with Crippen molar-refractivity contribution in [3.8, 4) is 11.4 Å². The SMILES string of the molecule is CCOC(=O)c1ccnc(-c2cn[nH]c2)n1. The Morgan fingerprint density at radius 1 is 1.56 bits per heavy atom. The summed E-state index contributed by atoms with van der Waals surface area (Å²) in [5.41, 5.74) is 0.971. The number of hydrogen-bond donors (Lipinski definition) is 1. The molecule has 0 aliphatic heterocycles. The van der Waals surface area contributed by atoms with Gasteiger partial charge in [0.2, 0.25) is 0 Å². The Labute approximate surface area is 91.7 Å². The Bertz CT molecular complexity index is 481. The molecule has 6 heteroatoms. The van der Waals surface area contributed by atoms with Crippen molar-refractivity contribution < 1.29 is 9.53 Å². The highest BCUT2D eigenvalue weighted by Crippen LogP contribution is 2.11.